The summed E-state index contributed by atoms with van der Waals surface area (Å²) in [6.45, 7) is 7.97. The average Bonchev–Trinajstić information content (AvgIpc) is 3.76. The van der Waals surface area contributed by atoms with Crippen molar-refractivity contribution in [2.45, 2.75) is 82.8 Å². The van der Waals surface area contributed by atoms with Crippen molar-refractivity contribution >= 4 is 11.7 Å². The van der Waals surface area contributed by atoms with Crippen molar-refractivity contribution in [2.24, 2.45) is 0 Å². The van der Waals surface area contributed by atoms with Gasteiger partial charge < -0.3 is 20.5 Å². The highest BCUT2D eigenvalue weighted by molar-refractivity contribution is 5.94. The lowest BCUT2D eigenvalue weighted by molar-refractivity contribution is -0.132. The van der Waals surface area contributed by atoms with Crippen LogP contribution in [0.3, 0.4) is 0 Å². The number of rotatable bonds is 10. The summed E-state index contributed by atoms with van der Waals surface area (Å²) in [6, 6.07) is 6.70. The average molecular weight is 532 g/mol. The van der Waals surface area contributed by atoms with Gasteiger partial charge in [-0.25, -0.2) is 4.98 Å². The Bertz CT molecular complexity index is 1220. The van der Waals surface area contributed by atoms with Crippen molar-refractivity contribution in [3.8, 4) is 17.6 Å². The number of nitrogen functional groups attached to an aromatic ring is 1. The zero-order chi connectivity index (χ0) is 27.4. The Hall–Kier alpha value is -3.15. The Balaban J connectivity index is 1.22. The predicted molar refractivity (Wildman–Crippen MR) is 151 cm³/mol. The zero-order valence-electron chi connectivity index (χ0n) is 23.2. The largest absolute Gasteiger partial charge is 0.487 e. The maximum Gasteiger partial charge on any atom is 0.298 e. The van der Waals surface area contributed by atoms with E-state index in [2.05, 4.69) is 40.8 Å². The van der Waals surface area contributed by atoms with Crippen LogP contribution in [0.15, 0.2) is 24.4 Å². The van der Waals surface area contributed by atoms with Gasteiger partial charge in [0.1, 0.15) is 18.2 Å². The molecule has 1 amide bonds. The minimum absolute atomic E-state index is 0.0551. The van der Waals surface area contributed by atoms with Crippen LogP contribution < -0.4 is 10.5 Å². The Morgan fingerprint density at radius 3 is 2.62 bits per heavy atom. The number of carbonyl (C=O) groups excluding carboxylic acids is 1. The summed E-state index contributed by atoms with van der Waals surface area (Å²) >= 11 is 0. The first kappa shape index (κ1) is 27.4. The molecule has 0 radical (unpaired) electrons. The smallest absolute Gasteiger partial charge is 0.298 e. The number of amides is 1. The number of pyridine rings is 2. The molecule has 2 aromatic rings. The van der Waals surface area contributed by atoms with Crippen LogP contribution in [0, 0.1) is 11.8 Å². The lowest BCUT2D eigenvalue weighted by Crippen LogP contribution is -2.61. The van der Waals surface area contributed by atoms with E-state index < -0.39 is 0 Å². The van der Waals surface area contributed by atoms with E-state index in [0.717, 1.165) is 80.9 Å². The van der Waals surface area contributed by atoms with Gasteiger partial charge in [-0.2, -0.15) is 0 Å². The first-order valence-electron chi connectivity index (χ1n) is 14.5. The summed E-state index contributed by atoms with van der Waals surface area (Å²) in [7, 11) is 0. The third kappa shape index (κ3) is 6.21. The molecule has 0 aromatic carbocycles. The number of nitrogens with two attached hydrogens (primary N) is 1. The van der Waals surface area contributed by atoms with Crippen molar-refractivity contribution in [3.63, 3.8) is 0 Å². The summed E-state index contributed by atoms with van der Waals surface area (Å²) in [4.78, 5) is 25.8. The number of aliphatic hydroxyl groups is 1. The number of aromatic nitrogens is 2. The number of piperidine rings is 1. The second-order valence-electron chi connectivity index (χ2n) is 11.1. The van der Waals surface area contributed by atoms with E-state index in [4.69, 9.17) is 15.5 Å². The minimum atomic E-state index is -0.0551. The molecule has 4 heterocycles. The van der Waals surface area contributed by atoms with E-state index in [1.165, 1.54) is 5.69 Å². The Labute approximate surface area is 232 Å². The molecule has 3 fully saturated rings. The minimum Gasteiger partial charge on any atom is -0.487 e. The molecule has 8 nitrogen and oxygen atoms in total. The van der Waals surface area contributed by atoms with Crippen molar-refractivity contribution in [1.29, 1.82) is 0 Å². The van der Waals surface area contributed by atoms with Gasteiger partial charge in [-0.15, -0.1) is 0 Å². The number of nitrogens with zero attached hydrogens (tertiary/aromatic N) is 4. The van der Waals surface area contributed by atoms with Crippen LogP contribution in [0.5, 0.6) is 5.75 Å². The van der Waals surface area contributed by atoms with E-state index in [-0.39, 0.29) is 18.4 Å². The van der Waals surface area contributed by atoms with E-state index in [1.807, 2.05) is 11.0 Å². The maximum absolute atomic E-state index is 11.9. The zero-order valence-corrected chi connectivity index (χ0v) is 23.2. The van der Waals surface area contributed by atoms with Gasteiger partial charge in [0.05, 0.1) is 5.69 Å². The molecule has 0 spiro atoms. The van der Waals surface area contributed by atoms with E-state index in [0.29, 0.717) is 36.7 Å². The molecule has 1 aliphatic carbocycles. The monoisotopic (exact) mass is 531 g/mol. The molecular weight excluding hydrogens is 490 g/mol. The van der Waals surface area contributed by atoms with Crippen LogP contribution in [-0.2, 0) is 11.4 Å². The topological polar surface area (TPSA) is 105 Å². The lowest BCUT2D eigenvalue weighted by atomic mass is 9.90. The van der Waals surface area contributed by atoms with Gasteiger partial charge in [0.25, 0.3) is 5.91 Å². The number of aliphatic hydroxyl groups excluding tert-OH is 1. The molecule has 1 atom stereocenters. The van der Waals surface area contributed by atoms with Gasteiger partial charge in [-0.1, -0.05) is 12.8 Å². The van der Waals surface area contributed by atoms with Crippen molar-refractivity contribution in [3.05, 3.63) is 46.9 Å². The van der Waals surface area contributed by atoms with E-state index in [9.17, 15) is 9.90 Å². The lowest BCUT2D eigenvalue weighted by Gasteiger charge is -2.47. The number of ether oxygens (including phenoxy) is 1. The number of hydrogen-bond acceptors (Lipinski definition) is 7. The van der Waals surface area contributed by atoms with Crippen LogP contribution in [0.2, 0.25) is 0 Å². The molecule has 39 heavy (non-hydrogen) atoms. The van der Waals surface area contributed by atoms with Crippen LogP contribution >= 0.6 is 0 Å². The number of carbonyl (C=O) groups is 1. The van der Waals surface area contributed by atoms with Crippen molar-refractivity contribution < 1.29 is 14.6 Å². The van der Waals surface area contributed by atoms with Crippen LogP contribution in [0.1, 0.15) is 92.6 Å². The molecule has 0 bridgehead atoms. The molecule has 1 saturated carbocycles. The van der Waals surface area contributed by atoms with E-state index in [1.54, 1.807) is 13.1 Å². The normalized spacial score (nSPS) is 19.2. The molecule has 2 aliphatic heterocycles. The molecule has 3 N–H and O–H groups in total. The standard InChI is InChI=1S/C31H41N5O3/c1-3-5-29(38)36-18-24(19-36)35-15-11-22(12-16-35)27-8-9-28(30(34-27)23-6-7-23)39-20-26-25(10-14-33-31(26)32)21(4-2)13-17-37/h8-10,14,21-24,37H,4,6-7,11-13,15-20H2,1-2H3,(H2,32,33). The molecule has 3 aliphatic rings. The fourth-order valence-corrected chi connectivity index (χ4v) is 6.02. The second kappa shape index (κ2) is 12.4. The van der Waals surface area contributed by atoms with Crippen LogP contribution in [-0.4, -0.2) is 69.6 Å². The first-order valence-corrected chi connectivity index (χ1v) is 14.5. The Kier molecular flexibility index (Phi) is 8.69. The van der Waals surface area contributed by atoms with Crippen LogP contribution in [0.4, 0.5) is 5.82 Å². The van der Waals surface area contributed by atoms with Crippen LogP contribution in [0.25, 0.3) is 0 Å². The molecule has 1 unspecified atom stereocenters. The number of likely N-dealkylation sites (tertiary alicyclic amines) is 2. The third-order valence-corrected chi connectivity index (χ3v) is 8.62. The fraction of sp³-hybridized carbons (Fsp3) is 0.581. The summed E-state index contributed by atoms with van der Waals surface area (Å²) in [5.41, 5.74) is 10.6. The maximum atomic E-state index is 11.9. The van der Waals surface area contributed by atoms with E-state index >= 15 is 0 Å². The van der Waals surface area contributed by atoms with Gasteiger partial charge in [-0.05, 0) is 94.1 Å². The highest BCUT2D eigenvalue weighted by Crippen LogP contribution is 2.44. The molecule has 5 rings (SSSR count). The molecule has 2 saturated heterocycles. The van der Waals surface area contributed by atoms with Gasteiger partial charge in [-0.3, -0.25) is 14.7 Å². The molecule has 2 aromatic heterocycles. The Morgan fingerprint density at radius 2 is 1.95 bits per heavy atom. The highest BCUT2D eigenvalue weighted by atomic mass is 16.5. The van der Waals surface area contributed by atoms with Gasteiger partial charge in [0, 0.05) is 55.0 Å². The first-order chi connectivity index (χ1) is 19.0. The number of hydrogen-bond donors (Lipinski definition) is 2. The van der Waals surface area contributed by atoms with Crippen molar-refractivity contribution in [2.75, 3.05) is 38.5 Å². The van der Waals surface area contributed by atoms with Gasteiger partial charge >= 0.3 is 0 Å². The van der Waals surface area contributed by atoms with Crippen molar-refractivity contribution in [1.82, 2.24) is 19.8 Å². The predicted octanol–water partition coefficient (Wildman–Crippen LogP) is 3.80. The highest BCUT2D eigenvalue weighted by Gasteiger charge is 2.37. The third-order valence-electron chi connectivity index (χ3n) is 8.62. The number of anilines is 1. The fourth-order valence-electron chi connectivity index (χ4n) is 6.02. The SMILES string of the molecule is CC#CC(=O)N1CC(N2CCC(c3ccc(OCc4c(C(CC)CCO)ccnc4N)c(C4CC4)n3)CC2)C1. The summed E-state index contributed by atoms with van der Waals surface area (Å²) in [5, 5.41) is 9.53. The molecule has 8 heteroatoms. The van der Waals surface area contributed by atoms with Gasteiger partial charge in [0.15, 0.2) is 0 Å². The molecular formula is C31H41N5O3. The summed E-state index contributed by atoms with van der Waals surface area (Å²) in [5.74, 6) is 7.76. The quantitative estimate of drug-likeness (QED) is 0.449. The summed E-state index contributed by atoms with van der Waals surface area (Å²) < 4.78 is 6.38. The summed E-state index contributed by atoms with van der Waals surface area (Å²) in [6.07, 6.45) is 7.82. The molecule has 208 valence electrons. The van der Waals surface area contributed by atoms with Gasteiger partial charge in [0.2, 0.25) is 0 Å². The Morgan fingerprint density at radius 1 is 1.18 bits per heavy atom. The second-order valence-corrected chi connectivity index (χ2v) is 11.1.